The van der Waals surface area contributed by atoms with Gasteiger partial charge >= 0.3 is 0 Å². The number of anilines is 1. The smallest absolute Gasteiger partial charge is 0.273 e. The van der Waals surface area contributed by atoms with Gasteiger partial charge in [-0.1, -0.05) is 15.9 Å². The second-order valence-corrected chi connectivity index (χ2v) is 4.96. The number of nitrogens with zero attached hydrogens (tertiary/aromatic N) is 3. The SMILES string of the molecule is CN(C)C(=O)c1ccn(-c2cc(Br)ccc2N)n1. The Kier molecular flexibility index (Phi) is 3.38. The van der Waals surface area contributed by atoms with Gasteiger partial charge in [0.25, 0.3) is 5.91 Å². The van der Waals surface area contributed by atoms with E-state index in [-0.39, 0.29) is 5.91 Å². The lowest BCUT2D eigenvalue weighted by atomic mass is 10.3. The van der Waals surface area contributed by atoms with E-state index in [2.05, 4.69) is 21.0 Å². The Balaban J connectivity index is 2.41. The van der Waals surface area contributed by atoms with Gasteiger partial charge in [0, 0.05) is 24.8 Å². The summed E-state index contributed by atoms with van der Waals surface area (Å²) in [6.45, 7) is 0. The van der Waals surface area contributed by atoms with Crippen molar-refractivity contribution < 1.29 is 4.79 Å². The van der Waals surface area contributed by atoms with Gasteiger partial charge in [-0.15, -0.1) is 0 Å². The quantitative estimate of drug-likeness (QED) is 0.862. The van der Waals surface area contributed by atoms with Crippen molar-refractivity contribution in [1.29, 1.82) is 0 Å². The minimum atomic E-state index is -0.137. The van der Waals surface area contributed by atoms with Crippen molar-refractivity contribution in [2.24, 2.45) is 0 Å². The highest BCUT2D eigenvalue weighted by Crippen LogP contribution is 2.21. The van der Waals surface area contributed by atoms with Crippen molar-refractivity contribution >= 4 is 27.5 Å². The van der Waals surface area contributed by atoms with Gasteiger partial charge in [-0.05, 0) is 24.3 Å². The molecule has 5 nitrogen and oxygen atoms in total. The molecular weight excluding hydrogens is 296 g/mol. The summed E-state index contributed by atoms with van der Waals surface area (Å²) in [6.07, 6.45) is 1.72. The monoisotopic (exact) mass is 308 g/mol. The number of carbonyl (C=O) groups excluding carboxylic acids is 1. The molecular formula is C12H13BrN4O. The number of aromatic nitrogens is 2. The maximum absolute atomic E-state index is 11.8. The van der Waals surface area contributed by atoms with Crippen LogP contribution in [0.2, 0.25) is 0 Å². The highest BCUT2D eigenvalue weighted by molar-refractivity contribution is 9.10. The van der Waals surface area contributed by atoms with Crippen LogP contribution in [0.4, 0.5) is 5.69 Å². The lowest BCUT2D eigenvalue weighted by molar-refractivity contribution is 0.0821. The second kappa shape index (κ2) is 4.81. The van der Waals surface area contributed by atoms with Crippen LogP contribution in [-0.2, 0) is 0 Å². The van der Waals surface area contributed by atoms with Crippen molar-refractivity contribution in [3.63, 3.8) is 0 Å². The van der Waals surface area contributed by atoms with E-state index in [0.29, 0.717) is 11.4 Å². The fraction of sp³-hybridized carbons (Fsp3) is 0.167. The molecule has 0 aliphatic heterocycles. The van der Waals surface area contributed by atoms with Gasteiger partial charge < -0.3 is 10.6 Å². The van der Waals surface area contributed by atoms with E-state index in [1.807, 2.05) is 12.1 Å². The van der Waals surface area contributed by atoms with Crippen molar-refractivity contribution in [3.05, 3.63) is 40.6 Å². The van der Waals surface area contributed by atoms with E-state index in [4.69, 9.17) is 5.73 Å². The summed E-state index contributed by atoms with van der Waals surface area (Å²) in [7, 11) is 3.38. The Morgan fingerprint density at radius 2 is 2.11 bits per heavy atom. The van der Waals surface area contributed by atoms with Crippen LogP contribution in [0.1, 0.15) is 10.5 Å². The standard InChI is InChI=1S/C12H13BrN4O/c1-16(2)12(18)10-5-6-17(15-10)11-7-8(13)3-4-9(11)14/h3-7H,14H2,1-2H3. The largest absolute Gasteiger partial charge is 0.397 e. The summed E-state index contributed by atoms with van der Waals surface area (Å²) in [5.41, 5.74) is 7.62. The van der Waals surface area contributed by atoms with E-state index in [0.717, 1.165) is 10.2 Å². The molecule has 0 fully saturated rings. The predicted molar refractivity (Wildman–Crippen MR) is 73.7 cm³/mol. The number of nitrogen functional groups attached to an aromatic ring is 1. The summed E-state index contributed by atoms with van der Waals surface area (Å²) < 4.78 is 2.50. The molecule has 18 heavy (non-hydrogen) atoms. The molecule has 1 heterocycles. The molecule has 0 aliphatic rings. The van der Waals surface area contributed by atoms with Gasteiger partial charge in [0.15, 0.2) is 5.69 Å². The first-order valence-corrected chi connectivity index (χ1v) is 6.11. The maximum atomic E-state index is 11.8. The molecule has 2 rings (SSSR count). The van der Waals surface area contributed by atoms with Crippen LogP contribution in [0, 0.1) is 0 Å². The number of carbonyl (C=O) groups is 1. The average molecular weight is 309 g/mol. The summed E-state index contributed by atoms with van der Waals surface area (Å²) in [5.74, 6) is -0.137. The minimum absolute atomic E-state index is 0.137. The van der Waals surface area contributed by atoms with Crippen LogP contribution in [-0.4, -0.2) is 34.7 Å². The van der Waals surface area contributed by atoms with E-state index in [1.54, 1.807) is 37.1 Å². The molecule has 1 aromatic carbocycles. The highest BCUT2D eigenvalue weighted by Gasteiger charge is 2.12. The molecule has 1 amide bonds. The minimum Gasteiger partial charge on any atom is -0.397 e. The first-order valence-electron chi connectivity index (χ1n) is 5.32. The van der Waals surface area contributed by atoms with Crippen molar-refractivity contribution in [3.8, 4) is 5.69 Å². The Labute approximate surface area is 113 Å². The zero-order valence-electron chi connectivity index (χ0n) is 10.1. The lowest BCUT2D eigenvalue weighted by Gasteiger charge is -2.08. The highest BCUT2D eigenvalue weighted by atomic mass is 79.9. The zero-order chi connectivity index (χ0) is 13.3. The van der Waals surface area contributed by atoms with Crippen LogP contribution >= 0.6 is 15.9 Å². The molecule has 0 spiro atoms. The molecule has 0 saturated heterocycles. The summed E-state index contributed by atoms with van der Waals surface area (Å²) >= 11 is 3.38. The van der Waals surface area contributed by atoms with Crippen LogP contribution in [0.15, 0.2) is 34.9 Å². The summed E-state index contributed by atoms with van der Waals surface area (Å²) in [4.78, 5) is 13.2. The molecule has 0 radical (unpaired) electrons. The molecule has 0 bridgehead atoms. The molecule has 2 aromatic rings. The number of halogens is 1. The van der Waals surface area contributed by atoms with Crippen LogP contribution in [0.25, 0.3) is 5.69 Å². The van der Waals surface area contributed by atoms with E-state index < -0.39 is 0 Å². The van der Waals surface area contributed by atoms with Crippen molar-refractivity contribution in [1.82, 2.24) is 14.7 Å². The van der Waals surface area contributed by atoms with Crippen LogP contribution < -0.4 is 5.73 Å². The first kappa shape index (κ1) is 12.6. The fourth-order valence-corrected chi connectivity index (χ4v) is 1.87. The van der Waals surface area contributed by atoms with Gasteiger partial charge in [0.05, 0.1) is 11.4 Å². The normalized spacial score (nSPS) is 10.4. The second-order valence-electron chi connectivity index (χ2n) is 4.05. The number of benzene rings is 1. The Morgan fingerprint density at radius 1 is 1.39 bits per heavy atom. The van der Waals surface area contributed by atoms with Crippen LogP contribution in [0.5, 0.6) is 0 Å². The lowest BCUT2D eigenvalue weighted by Crippen LogP contribution is -2.22. The van der Waals surface area contributed by atoms with Gasteiger partial charge in [-0.2, -0.15) is 5.10 Å². The number of rotatable bonds is 2. The van der Waals surface area contributed by atoms with E-state index >= 15 is 0 Å². The van der Waals surface area contributed by atoms with Gasteiger partial charge in [-0.25, -0.2) is 4.68 Å². The number of hydrogen-bond acceptors (Lipinski definition) is 3. The Morgan fingerprint density at radius 3 is 2.78 bits per heavy atom. The van der Waals surface area contributed by atoms with Crippen molar-refractivity contribution in [2.75, 3.05) is 19.8 Å². The summed E-state index contributed by atoms with van der Waals surface area (Å²) in [6, 6.07) is 7.16. The molecule has 2 N–H and O–H groups in total. The number of nitrogens with two attached hydrogens (primary N) is 1. The Hall–Kier alpha value is -1.82. The van der Waals surface area contributed by atoms with Crippen LogP contribution in [0.3, 0.4) is 0 Å². The fourth-order valence-electron chi connectivity index (χ4n) is 1.52. The molecule has 0 aliphatic carbocycles. The molecule has 94 valence electrons. The molecule has 6 heteroatoms. The van der Waals surface area contributed by atoms with Gasteiger partial charge in [-0.3, -0.25) is 4.79 Å². The molecule has 0 atom stereocenters. The molecule has 0 saturated carbocycles. The zero-order valence-corrected chi connectivity index (χ0v) is 11.7. The van der Waals surface area contributed by atoms with Crippen molar-refractivity contribution in [2.45, 2.75) is 0 Å². The topological polar surface area (TPSA) is 64.2 Å². The Bertz CT molecular complexity index is 592. The predicted octanol–water partition coefficient (Wildman–Crippen LogP) is 1.92. The average Bonchev–Trinajstić information content (AvgIpc) is 2.80. The number of amides is 1. The van der Waals surface area contributed by atoms with E-state index in [1.165, 1.54) is 4.90 Å². The maximum Gasteiger partial charge on any atom is 0.273 e. The number of hydrogen-bond donors (Lipinski definition) is 1. The van der Waals surface area contributed by atoms with E-state index in [9.17, 15) is 4.79 Å². The van der Waals surface area contributed by atoms with Gasteiger partial charge in [0.1, 0.15) is 0 Å². The summed E-state index contributed by atoms with van der Waals surface area (Å²) in [5, 5.41) is 4.23. The molecule has 0 unspecified atom stereocenters. The first-order chi connectivity index (χ1) is 8.49. The third-order valence-electron chi connectivity index (χ3n) is 2.45. The molecule has 1 aromatic heterocycles. The third kappa shape index (κ3) is 2.38. The third-order valence-corrected chi connectivity index (χ3v) is 2.95. The van der Waals surface area contributed by atoms with Gasteiger partial charge in [0.2, 0.25) is 0 Å².